The summed E-state index contributed by atoms with van der Waals surface area (Å²) in [5, 5.41) is 2.69. The molecule has 0 aromatic rings. The van der Waals surface area contributed by atoms with Crippen LogP contribution in [0.25, 0.3) is 0 Å². The molecule has 1 rings (SSSR count). The smallest absolute Gasteiger partial charge is 0.255 e. The standard InChI is InChI=1S/C11H21F2N3.HI/c1-10(2)7-16(11(10,3)4)9(14-5)15-6-8(12)13;/h8H,6-7H2,1-5H3,(H,14,15);1H. The van der Waals surface area contributed by atoms with E-state index in [9.17, 15) is 8.78 Å². The van der Waals surface area contributed by atoms with Crippen molar-refractivity contribution >= 4 is 29.9 Å². The zero-order chi connectivity index (χ0) is 12.6. The van der Waals surface area contributed by atoms with Gasteiger partial charge in [-0.25, -0.2) is 8.78 Å². The Kier molecular flexibility index (Phi) is 5.62. The Bertz CT molecular complexity index is 290. The van der Waals surface area contributed by atoms with Gasteiger partial charge < -0.3 is 10.2 Å². The molecule has 6 heteroatoms. The molecule has 0 unspecified atom stereocenters. The minimum Gasteiger partial charge on any atom is -0.350 e. The van der Waals surface area contributed by atoms with Crippen LogP contribution >= 0.6 is 24.0 Å². The third-order valence-corrected chi connectivity index (χ3v) is 3.77. The maximum atomic E-state index is 12.1. The van der Waals surface area contributed by atoms with Gasteiger partial charge in [-0.3, -0.25) is 4.99 Å². The van der Waals surface area contributed by atoms with Gasteiger partial charge in [0, 0.05) is 24.5 Å². The third-order valence-electron chi connectivity index (χ3n) is 3.77. The van der Waals surface area contributed by atoms with Gasteiger partial charge in [-0.15, -0.1) is 24.0 Å². The Balaban J connectivity index is 0.00000256. The SMILES string of the molecule is CN=C(NCC(F)F)N1CC(C)(C)C1(C)C.I. The third kappa shape index (κ3) is 3.20. The van der Waals surface area contributed by atoms with Crippen LogP contribution in [0.2, 0.25) is 0 Å². The minimum absolute atomic E-state index is 0. The summed E-state index contributed by atoms with van der Waals surface area (Å²) in [4.78, 5) is 6.08. The van der Waals surface area contributed by atoms with Gasteiger partial charge in [0.05, 0.1) is 6.54 Å². The van der Waals surface area contributed by atoms with Gasteiger partial charge in [-0.1, -0.05) is 13.8 Å². The molecular formula is C11H22F2IN3. The topological polar surface area (TPSA) is 27.6 Å². The molecule has 0 spiro atoms. The molecule has 3 nitrogen and oxygen atoms in total. The van der Waals surface area contributed by atoms with E-state index in [0.29, 0.717) is 5.96 Å². The van der Waals surface area contributed by atoms with Crippen molar-refractivity contribution in [3.8, 4) is 0 Å². The number of guanidine groups is 1. The highest BCUT2D eigenvalue weighted by molar-refractivity contribution is 14.0. The first-order valence-electron chi connectivity index (χ1n) is 5.49. The van der Waals surface area contributed by atoms with E-state index in [1.807, 2.05) is 4.90 Å². The molecule has 1 aliphatic rings. The highest BCUT2D eigenvalue weighted by Crippen LogP contribution is 2.46. The summed E-state index contributed by atoms with van der Waals surface area (Å²) < 4.78 is 24.3. The Morgan fingerprint density at radius 1 is 1.35 bits per heavy atom. The van der Waals surface area contributed by atoms with Gasteiger partial charge in [0.1, 0.15) is 0 Å². The summed E-state index contributed by atoms with van der Waals surface area (Å²) in [6, 6.07) is 0. The number of rotatable bonds is 2. The fourth-order valence-electron chi connectivity index (χ4n) is 1.86. The maximum absolute atomic E-state index is 12.1. The van der Waals surface area contributed by atoms with E-state index >= 15 is 0 Å². The summed E-state index contributed by atoms with van der Waals surface area (Å²) in [6.45, 7) is 9.04. The van der Waals surface area contributed by atoms with E-state index in [4.69, 9.17) is 0 Å². The van der Waals surface area contributed by atoms with E-state index in [-0.39, 0.29) is 41.5 Å². The second-order valence-electron chi connectivity index (χ2n) is 5.35. The van der Waals surface area contributed by atoms with Crippen LogP contribution in [0.1, 0.15) is 27.7 Å². The average Bonchev–Trinajstić information content (AvgIpc) is 2.16. The fourth-order valence-corrected chi connectivity index (χ4v) is 1.86. The van der Waals surface area contributed by atoms with Crippen LogP contribution in [-0.4, -0.2) is 43.0 Å². The van der Waals surface area contributed by atoms with Gasteiger partial charge in [-0.05, 0) is 13.8 Å². The Morgan fingerprint density at radius 2 is 1.88 bits per heavy atom. The number of likely N-dealkylation sites (tertiary alicyclic amines) is 1. The van der Waals surface area contributed by atoms with E-state index < -0.39 is 6.43 Å². The van der Waals surface area contributed by atoms with Gasteiger partial charge in [0.15, 0.2) is 5.96 Å². The van der Waals surface area contributed by atoms with Crippen LogP contribution in [-0.2, 0) is 0 Å². The summed E-state index contributed by atoms with van der Waals surface area (Å²) >= 11 is 0. The number of halogens is 3. The Hall–Kier alpha value is -0.140. The number of nitrogens with zero attached hydrogens (tertiary/aromatic N) is 2. The van der Waals surface area contributed by atoms with Gasteiger partial charge in [0.2, 0.25) is 0 Å². The van der Waals surface area contributed by atoms with Crippen LogP contribution in [0.5, 0.6) is 0 Å². The quantitative estimate of drug-likeness (QED) is 0.465. The molecule has 0 aliphatic carbocycles. The predicted molar refractivity (Wildman–Crippen MR) is 77.3 cm³/mol. The Morgan fingerprint density at radius 3 is 2.18 bits per heavy atom. The van der Waals surface area contributed by atoms with Crippen LogP contribution < -0.4 is 5.32 Å². The first-order valence-corrected chi connectivity index (χ1v) is 5.49. The van der Waals surface area contributed by atoms with E-state index in [0.717, 1.165) is 6.54 Å². The molecule has 102 valence electrons. The highest BCUT2D eigenvalue weighted by atomic mass is 127. The van der Waals surface area contributed by atoms with Gasteiger partial charge in [-0.2, -0.15) is 0 Å². The summed E-state index contributed by atoms with van der Waals surface area (Å²) in [7, 11) is 1.62. The molecule has 0 aromatic heterocycles. The van der Waals surface area contributed by atoms with Crippen LogP contribution in [0, 0.1) is 5.41 Å². The largest absolute Gasteiger partial charge is 0.350 e. The summed E-state index contributed by atoms with van der Waals surface area (Å²) in [6.07, 6.45) is -2.35. The first kappa shape index (κ1) is 16.9. The number of nitrogens with one attached hydrogen (secondary N) is 1. The molecule has 1 N–H and O–H groups in total. The zero-order valence-corrected chi connectivity index (χ0v) is 13.4. The van der Waals surface area contributed by atoms with Gasteiger partial charge in [0.25, 0.3) is 6.43 Å². The molecule has 0 saturated carbocycles. The molecule has 0 bridgehead atoms. The van der Waals surface area contributed by atoms with Crippen LogP contribution in [0.3, 0.4) is 0 Å². The first-order chi connectivity index (χ1) is 7.22. The van der Waals surface area contributed by atoms with E-state index in [1.54, 1.807) is 7.05 Å². The van der Waals surface area contributed by atoms with Crippen molar-refractivity contribution in [2.24, 2.45) is 10.4 Å². The Labute approximate surface area is 119 Å². The van der Waals surface area contributed by atoms with Gasteiger partial charge >= 0.3 is 0 Å². The maximum Gasteiger partial charge on any atom is 0.255 e. The second kappa shape index (κ2) is 5.67. The normalized spacial score (nSPS) is 21.9. The van der Waals surface area contributed by atoms with Crippen molar-refractivity contribution in [1.82, 2.24) is 10.2 Å². The number of aliphatic imine (C=N–C) groups is 1. The van der Waals surface area contributed by atoms with Crippen LogP contribution in [0.4, 0.5) is 8.78 Å². The van der Waals surface area contributed by atoms with Crippen LogP contribution in [0.15, 0.2) is 4.99 Å². The van der Waals surface area contributed by atoms with Crippen molar-refractivity contribution in [3.05, 3.63) is 0 Å². The van der Waals surface area contributed by atoms with Crippen molar-refractivity contribution in [3.63, 3.8) is 0 Å². The molecule has 1 aliphatic heterocycles. The minimum atomic E-state index is -2.35. The van der Waals surface area contributed by atoms with Crippen molar-refractivity contribution in [2.75, 3.05) is 20.1 Å². The number of alkyl halides is 2. The molecule has 0 radical (unpaired) electrons. The zero-order valence-electron chi connectivity index (χ0n) is 11.1. The van der Waals surface area contributed by atoms with E-state index in [2.05, 4.69) is 38.0 Å². The highest BCUT2D eigenvalue weighted by Gasteiger charge is 2.53. The lowest BCUT2D eigenvalue weighted by atomic mass is 9.65. The molecule has 1 fully saturated rings. The molecule has 0 atom stereocenters. The van der Waals surface area contributed by atoms with Crippen molar-refractivity contribution in [1.29, 1.82) is 0 Å². The average molecular weight is 361 g/mol. The van der Waals surface area contributed by atoms with Crippen molar-refractivity contribution in [2.45, 2.75) is 39.7 Å². The number of hydrogen-bond donors (Lipinski definition) is 1. The molecule has 1 saturated heterocycles. The lowest BCUT2D eigenvalue weighted by molar-refractivity contribution is -0.0671. The fraction of sp³-hybridized carbons (Fsp3) is 0.909. The molecule has 0 aromatic carbocycles. The summed E-state index contributed by atoms with van der Waals surface area (Å²) in [5.41, 5.74) is 0.117. The second-order valence-corrected chi connectivity index (χ2v) is 5.35. The summed E-state index contributed by atoms with van der Waals surface area (Å²) in [5.74, 6) is 0.560. The molecular weight excluding hydrogens is 339 g/mol. The molecule has 0 amide bonds. The van der Waals surface area contributed by atoms with E-state index in [1.165, 1.54) is 0 Å². The lowest BCUT2D eigenvalue weighted by Crippen LogP contribution is -2.72. The number of hydrogen-bond acceptors (Lipinski definition) is 1. The molecule has 17 heavy (non-hydrogen) atoms. The molecule has 1 heterocycles. The predicted octanol–water partition coefficient (Wildman–Crippen LogP) is 2.57. The monoisotopic (exact) mass is 361 g/mol. The lowest BCUT2D eigenvalue weighted by Gasteiger charge is -2.62. The van der Waals surface area contributed by atoms with Crippen molar-refractivity contribution < 1.29 is 8.78 Å².